The molecule has 5 nitrogen and oxygen atoms in total. The van der Waals surface area contributed by atoms with E-state index in [1.165, 1.54) is 25.3 Å². The number of aromatic hydroxyl groups is 1. The van der Waals surface area contributed by atoms with E-state index >= 15 is 0 Å². The van der Waals surface area contributed by atoms with Crippen molar-refractivity contribution < 1.29 is 20.1 Å². The van der Waals surface area contributed by atoms with E-state index in [1.54, 1.807) is 0 Å². The summed E-state index contributed by atoms with van der Waals surface area (Å²) in [5.74, 6) is 0.0402. The molecule has 1 aromatic rings. The van der Waals surface area contributed by atoms with Crippen LogP contribution in [0.15, 0.2) is 16.6 Å². The molecule has 3 N–H and O–H groups in total. The minimum atomic E-state index is -1.55. The smallest absolute Gasteiger partial charge is 0.172 e. The summed E-state index contributed by atoms with van der Waals surface area (Å²) in [4.78, 5) is 0. The molecule has 1 aromatic carbocycles. The van der Waals surface area contributed by atoms with Gasteiger partial charge in [0.2, 0.25) is 0 Å². The van der Waals surface area contributed by atoms with Crippen molar-refractivity contribution in [3.8, 4) is 17.6 Å². The van der Waals surface area contributed by atoms with Gasteiger partial charge >= 0.3 is 0 Å². The number of ether oxygens (including phenoxy) is 1. The number of halogens is 1. The van der Waals surface area contributed by atoms with Gasteiger partial charge in [-0.3, -0.25) is 0 Å². The molecule has 0 radical (unpaired) electrons. The summed E-state index contributed by atoms with van der Waals surface area (Å²) >= 11 is 3.06. The van der Waals surface area contributed by atoms with Crippen LogP contribution in [-0.2, 0) is 0 Å². The molecule has 0 bridgehead atoms. The Balaban J connectivity index is 3.18. The van der Waals surface area contributed by atoms with Gasteiger partial charge in [0.15, 0.2) is 17.6 Å². The van der Waals surface area contributed by atoms with Crippen LogP contribution in [0.5, 0.6) is 11.5 Å². The molecule has 0 spiro atoms. The van der Waals surface area contributed by atoms with Crippen LogP contribution in [0.1, 0.15) is 11.7 Å². The Bertz CT molecular complexity index is 430. The van der Waals surface area contributed by atoms with Crippen molar-refractivity contribution in [1.29, 1.82) is 5.26 Å². The molecule has 0 fully saturated rings. The van der Waals surface area contributed by atoms with Crippen LogP contribution in [0.25, 0.3) is 0 Å². The van der Waals surface area contributed by atoms with E-state index in [9.17, 15) is 15.3 Å². The first-order valence-corrected chi connectivity index (χ1v) is 5.13. The van der Waals surface area contributed by atoms with Gasteiger partial charge in [0.1, 0.15) is 6.10 Å². The van der Waals surface area contributed by atoms with Gasteiger partial charge in [0, 0.05) is 5.56 Å². The second-order valence-corrected chi connectivity index (χ2v) is 3.83. The topological polar surface area (TPSA) is 93.7 Å². The fraction of sp³-hybridized carbons (Fsp3) is 0.300. The summed E-state index contributed by atoms with van der Waals surface area (Å²) in [5, 5.41) is 36.9. The number of benzene rings is 1. The third kappa shape index (κ3) is 2.27. The first-order valence-electron chi connectivity index (χ1n) is 4.34. The Kier molecular flexibility index (Phi) is 4.12. The maximum atomic E-state index is 9.63. The van der Waals surface area contributed by atoms with E-state index in [-0.39, 0.29) is 21.5 Å². The van der Waals surface area contributed by atoms with Crippen LogP contribution >= 0.6 is 15.9 Å². The average Bonchev–Trinajstić information content (AvgIpc) is 2.30. The number of phenolic OH excluding ortho intramolecular Hbond substituents is 1. The zero-order valence-corrected chi connectivity index (χ0v) is 9.97. The highest BCUT2D eigenvalue weighted by Crippen LogP contribution is 2.39. The Labute approximate surface area is 101 Å². The quantitative estimate of drug-likeness (QED) is 0.724. The second kappa shape index (κ2) is 5.16. The normalized spacial score (nSPS) is 13.9. The summed E-state index contributed by atoms with van der Waals surface area (Å²) < 4.78 is 5.05. The lowest BCUT2D eigenvalue weighted by atomic mass is 10.0. The standard InChI is InChI=1S/C10H10BrNO4/c1-16-7-3-2-5(8(11)10(7)15)9(14)6(13)4-12/h2-3,6,9,13-15H,1H3. The molecule has 2 unspecified atom stereocenters. The number of rotatable bonds is 3. The first kappa shape index (κ1) is 12.8. The average molecular weight is 288 g/mol. The van der Waals surface area contributed by atoms with Crippen molar-refractivity contribution in [2.75, 3.05) is 7.11 Å². The number of nitriles is 1. The van der Waals surface area contributed by atoms with Gasteiger partial charge in [0.25, 0.3) is 0 Å². The van der Waals surface area contributed by atoms with Crippen molar-refractivity contribution in [3.63, 3.8) is 0 Å². The maximum absolute atomic E-state index is 9.63. The molecule has 0 amide bonds. The largest absolute Gasteiger partial charge is 0.503 e. The van der Waals surface area contributed by atoms with E-state index < -0.39 is 12.2 Å². The molecule has 0 aromatic heterocycles. The molecule has 2 atom stereocenters. The van der Waals surface area contributed by atoms with Gasteiger partial charge in [-0.1, -0.05) is 6.07 Å². The number of nitrogens with zero attached hydrogens (tertiary/aromatic N) is 1. The predicted molar refractivity (Wildman–Crippen MR) is 58.9 cm³/mol. The molecule has 0 saturated heterocycles. The van der Waals surface area contributed by atoms with Gasteiger partial charge in [-0.15, -0.1) is 0 Å². The fourth-order valence-corrected chi connectivity index (χ4v) is 1.76. The molecule has 0 aliphatic heterocycles. The summed E-state index contributed by atoms with van der Waals surface area (Å²) in [5.41, 5.74) is 0.215. The van der Waals surface area contributed by atoms with E-state index in [1.807, 2.05) is 0 Å². The minimum Gasteiger partial charge on any atom is -0.503 e. The molecule has 16 heavy (non-hydrogen) atoms. The van der Waals surface area contributed by atoms with E-state index in [0.717, 1.165) is 0 Å². The Hall–Kier alpha value is -1.29. The molecule has 0 heterocycles. The molecule has 0 saturated carbocycles. The van der Waals surface area contributed by atoms with Gasteiger partial charge in [-0.2, -0.15) is 5.26 Å². The maximum Gasteiger partial charge on any atom is 0.172 e. The molecular formula is C10H10BrNO4. The number of aliphatic hydroxyl groups excluding tert-OH is 2. The number of methoxy groups -OCH3 is 1. The molecule has 6 heteroatoms. The summed E-state index contributed by atoms with van der Waals surface area (Å²) in [6, 6.07) is 4.40. The highest BCUT2D eigenvalue weighted by Gasteiger charge is 2.22. The second-order valence-electron chi connectivity index (χ2n) is 3.04. The molecule has 1 rings (SSSR count). The zero-order valence-electron chi connectivity index (χ0n) is 8.38. The van der Waals surface area contributed by atoms with Crippen molar-refractivity contribution in [3.05, 3.63) is 22.2 Å². The van der Waals surface area contributed by atoms with Crippen LogP contribution in [0.3, 0.4) is 0 Å². The minimum absolute atomic E-state index is 0.189. The molecular weight excluding hydrogens is 278 g/mol. The van der Waals surface area contributed by atoms with Crippen LogP contribution in [0, 0.1) is 11.3 Å². The lowest BCUT2D eigenvalue weighted by Gasteiger charge is -2.15. The van der Waals surface area contributed by atoms with Gasteiger partial charge in [0.05, 0.1) is 17.7 Å². The van der Waals surface area contributed by atoms with Crippen molar-refractivity contribution in [1.82, 2.24) is 0 Å². The van der Waals surface area contributed by atoms with Crippen LogP contribution in [0.4, 0.5) is 0 Å². The third-order valence-electron chi connectivity index (χ3n) is 2.08. The van der Waals surface area contributed by atoms with Crippen LogP contribution in [0.2, 0.25) is 0 Å². The number of hydrogen-bond donors (Lipinski definition) is 3. The molecule has 86 valence electrons. The molecule has 0 aliphatic carbocycles. The lowest BCUT2D eigenvalue weighted by molar-refractivity contribution is 0.0521. The molecule has 0 aliphatic rings. The number of phenols is 1. The van der Waals surface area contributed by atoms with Crippen molar-refractivity contribution in [2.45, 2.75) is 12.2 Å². The van der Waals surface area contributed by atoms with E-state index in [2.05, 4.69) is 15.9 Å². The van der Waals surface area contributed by atoms with Crippen molar-refractivity contribution >= 4 is 15.9 Å². The van der Waals surface area contributed by atoms with E-state index in [0.29, 0.717) is 0 Å². The Morgan fingerprint density at radius 2 is 2.06 bits per heavy atom. The third-order valence-corrected chi connectivity index (χ3v) is 2.91. The Morgan fingerprint density at radius 1 is 1.44 bits per heavy atom. The highest BCUT2D eigenvalue weighted by atomic mass is 79.9. The number of aliphatic hydroxyl groups is 2. The Morgan fingerprint density at radius 3 is 2.56 bits per heavy atom. The van der Waals surface area contributed by atoms with Gasteiger partial charge in [-0.25, -0.2) is 0 Å². The van der Waals surface area contributed by atoms with E-state index in [4.69, 9.17) is 10.00 Å². The fourth-order valence-electron chi connectivity index (χ4n) is 1.20. The highest BCUT2D eigenvalue weighted by molar-refractivity contribution is 9.10. The first-order chi connectivity index (χ1) is 7.52. The van der Waals surface area contributed by atoms with Crippen molar-refractivity contribution in [2.24, 2.45) is 0 Å². The van der Waals surface area contributed by atoms with Crippen LogP contribution < -0.4 is 4.74 Å². The summed E-state index contributed by atoms with van der Waals surface area (Å²) in [6.45, 7) is 0. The van der Waals surface area contributed by atoms with Crippen LogP contribution in [-0.4, -0.2) is 28.5 Å². The summed E-state index contributed by atoms with van der Waals surface area (Å²) in [7, 11) is 1.39. The predicted octanol–water partition coefficient (Wildman–Crippen LogP) is 1.08. The monoisotopic (exact) mass is 287 g/mol. The zero-order chi connectivity index (χ0) is 12.3. The lowest BCUT2D eigenvalue weighted by Crippen LogP contribution is -2.16. The number of hydrogen-bond acceptors (Lipinski definition) is 5. The summed E-state index contributed by atoms with van der Waals surface area (Å²) in [6.07, 6.45) is -2.94. The SMILES string of the molecule is COc1ccc(C(O)C(O)C#N)c(Br)c1O. The van der Waals surface area contributed by atoms with Gasteiger partial charge in [-0.05, 0) is 22.0 Å². The van der Waals surface area contributed by atoms with Gasteiger partial charge < -0.3 is 20.1 Å².